The van der Waals surface area contributed by atoms with Crippen molar-refractivity contribution in [1.82, 2.24) is 14.8 Å². The van der Waals surface area contributed by atoms with E-state index in [1.54, 1.807) is 19.0 Å². The number of aromatic nitrogens is 1. The average molecular weight is 248 g/mol. The average Bonchev–Trinajstić information content (AvgIpc) is 2.50. The van der Waals surface area contributed by atoms with Gasteiger partial charge in [-0.25, -0.2) is 4.98 Å². The molecular weight excluding hydrogens is 228 g/mol. The summed E-state index contributed by atoms with van der Waals surface area (Å²) in [4.78, 5) is 22.1. The summed E-state index contributed by atoms with van der Waals surface area (Å²) in [5.41, 5.74) is 1.18. The van der Waals surface area contributed by atoms with Crippen LogP contribution in [0.1, 0.15) is 5.56 Å². The van der Waals surface area contributed by atoms with Crippen LogP contribution in [-0.2, 0) is 11.3 Å². The molecule has 0 saturated carbocycles. The minimum absolute atomic E-state index is 0.144. The van der Waals surface area contributed by atoms with Crippen molar-refractivity contribution in [2.75, 3.05) is 45.7 Å². The second-order valence-electron chi connectivity index (χ2n) is 4.91. The molecule has 1 aliphatic heterocycles. The number of nitrogens with zero attached hydrogens (tertiary/aromatic N) is 4. The smallest absolute Gasteiger partial charge is 0.236 e. The maximum absolute atomic E-state index is 11.8. The van der Waals surface area contributed by atoms with Crippen LogP contribution in [0.2, 0.25) is 0 Å². The van der Waals surface area contributed by atoms with Gasteiger partial charge in [-0.05, 0) is 6.07 Å². The van der Waals surface area contributed by atoms with Crippen LogP contribution in [-0.4, -0.2) is 61.5 Å². The fourth-order valence-electron chi connectivity index (χ4n) is 2.08. The van der Waals surface area contributed by atoms with Crippen molar-refractivity contribution in [3.63, 3.8) is 0 Å². The number of likely N-dealkylation sites (N-methyl/N-ethyl adjacent to an activating group) is 2. The molecule has 0 radical (unpaired) electrons. The van der Waals surface area contributed by atoms with E-state index in [0.29, 0.717) is 6.54 Å². The van der Waals surface area contributed by atoms with Crippen LogP contribution in [0.3, 0.4) is 0 Å². The lowest BCUT2D eigenvalue weighted by atomic mass is 10.2. The molecule has 5 heteroatoms. The van der Waals surface area contributed by atoms with E-state index in [1.165, 1.54) is 5.56 Å². The Morgan fingerprint density at radius 2 is 2.22 bits per heavy atom. The highest BCUT2D eigenvalue weighted by molar-refractivity contribution is 5.77. The normalized spacial score (nSPS) is 16.1. The third-order valence-corrected chi connectivity index (χ3v) is 3.23. The molecule has 0 bridgehead atoms. The molecule has 0 atom stereocenters. The van der Waals surface area contributed by atoms with Gasteiger partial charge in [-0.2, -0.15) is 0 Å². The number of carbonyl (C=O) groups is 1. The molecule has 2 heterocycles. The van der Waals surface area contributed by atoms with Gasteiger partial charge >= 0.3 is 0 Å². The van der Waals surface area contributed by atoms with Crippen LogP contribution < -0.4 is 4.90 Å². The monoisotopic (exact) mass is 248 g/mol. The largest absolute Gasteiger partial charge is 0.358 e. The zero-order valence-electron chi connectivity index (χ0n) is 11.3. The SMILES string of the molecule is CN(C)C(=O)CN1CCN(C)c2ncccc2C1. The Morgan fingerprint density at radius 1 is 1.44 bits per heavy atom. The van der Waals surface area contributed by atoms with E-state index < -0.39 is 0 Å². The predicted molar refractivity (Wildman–Crippen MR) is 71.5 cm³/mol. The first-order valence-electron chi connectivity index (χ1n) is 6.15. The molecule has 0 fully saturated rings. The first-order chi connectivity index (χ1) is 8.58. The van der Waals surface area contributed by atoms with Gasteiger partial charge in [-0.15, -0.1) is 0 Å². The number of hydrogen-bond donors (Lipinski definition) is 0. The van der Waals surface area contributed by atoms with E-state index in [1.807, 2.05) is 19.3 Å². The lowest BCUT2D eigenvalue weighted by molar-refractivity contribution is -0.130. The quantitative estimate of drug-likeness (QED) is 0.760. The molecule has 0 N–H and O–H groups in total. The number of hydrogen-bond acceptors (Lipinski definition) is 4. The van der Waals surface area contributed by atoms with Gasteiger partial charge in [0.15, 0.2) is 0 Å². The number of carbonyl (C=O) groups excluding carboxylic acids is 1. The summed E-state index contributed by atoms with van der Waals surface area (Å²) >= 11 is 0. The second-order valence-corrected chi connectivity index (χ2v) is 4.91. The first-order valence-corrected chi connectivity index (χ1v) is 6.15. The van der Waals surface area contributed by atoms with Crippen LogP contribution >= 0.6 is 0 Å². The summed E-state index contributed by atoms with van der Waals surface area (Å²) in [7, 11) is 5.63. The lowest BCUT2D eigenvalue weighted by Gasteiger charge is -2.21. The van der Waals surface area contributed by atoms with Gasteiger partial charge in [0, 0.05) is 52.5 Å². The summed E-state index contributed by atoms with van der Waals surface area (Å²) in [5, 5.41) is 0. The third kappa shape index (κ3) is 2.79. The van der Waals surface area contributed by atoms with Crippen molar-refractivity contribution in [2.24, 2.45) is 0 Å². The maximum Gasteiger partial charge on any atom is 0.236 e. The van der Waals surface area contributed by atoms with Gasteiger partial charge in [0.2, 0.25) is 5.91 Å². The lowest BCUT2D eigenvalue weighted by Crippen LogP contribution is -2.38. The van der Waals surface area contributed by atoms with Crippen LogP contribution in [0, 0.1) is 0 Å². The van der Waals surface area contributed by atoms with Crippen molar-refractivity contribution >= 4 is 11.7 Å². The molecule has 0 saturated heterocycles. The standard InChI is InChI=1S/C13H20N4O/c1-15(2)12(18)10-17-8-7-16(3)13-11(9-17)5-4-6-14-13/h4-6H,7-10H2,1-3H3. The fraction of sp³-hybridized carbons (Fsp3) is 0.538. The summed E-state index contributed by atoms with van der Waals surface area (Å²) in [5.74, 6) is 1.17. The van der Waals surface area contributed by atoms with Crippen molar-refractivity contribution in [3.8, 4) is 0 Å². The molecule has 1 amide bonds. The van der Waals surface area contributed by atoms with E-state index in [4.69, 9.17) is 0 Å². The van der Waals surface area contributed by atoms with Crippen LogP contribution in [0.15, 0.2) is 18.3 Å². The fourth-order valence-corrected chi connectivity index (χ4v) is 2.08. The Bertz CT molecular complexity index is 433. The van der Waals surface area contributed by atoms with Gasteiger partial charge in [0.05, 0.1) is 6.54 Å². The van der Waals surface area contributed by atoms with E-state index in [2.05, 4.69) is 20.9 Å². The van der Waals surface area contributed by atoms with Crippen molar-refractivity contribution in [3.05, 3.63) is 23.9 Å². The molecule has 0 unspecified atom stereocenters. The van der Waals surface area contributed by atoms with E-state index in [9.17, 15) is 4.79 Å². The molecule has 5 nitrogen and oxygen atoms in total. The Labute approximate surface area is 108 Å². The summed E-state index contributed by atoms with van der Waals surface area (Å²) < 4.78 is 0. The minimum Gasteiger partial charge on any atom is -0.358 e. The second kappa shape index (κ2) is 5.35. The Balaban J connectivity index is 2.12. The summed E-state index contributed by atoms with van der Waals surface area (Å²) in [6, 6.07) is 4.03. The number of amides is 1. The zero-order chi connectivity index (χ0) is 13.1. The highest BCUT2D eigenvalue weighted by Crippen LogP contribution is 2.20. The molecule has 1 aromatic rings. The molecule has 2 rings (SSSR count). The number of pyridine rings is 1. The van der Waals surface area contributed by atoms with Gasteiger partial charge in [0.1, 0.15) is 5.82 Å². The highest BCUT2D eigenvalue weighted by Gasteiger charge is 2.20. The van der Waals surface area contributed by atoms with E-state index in [0.717, 1.165) is 25.5 Å². The van der Waals surface area contributed by atoms with Crippen LogP contribution in [0.4, 0.5) is 5.82 Å². The summed E-state index contributed by atoms with van der Waals surface area (Å²) in [6.07, 6.45) is 1.82. The first kappa shape index (κ1) is 12.8. The van der Waals surface area contributed by atoms with Gasteiger partial charge < -0.3 is 9.80 Å². The highest BCUT2D eigenvalue weighted by atomic mass is 16.2. The molecule has 1 aliphatic rings. The topological polar surface area (TPSA) is 39.7 Å². The van der Waals surface area contributed by atoms with Gasteiger partial charge in [0.25, 0.3) is 0 Å². The van der Waals surface area contributed by atoms with Crippen molar-refractivity contribution in [2.45, 2.75) is 6.54 Å². The molecule has 1 aromatic heterocycles. The molecule has 0 spiro atoms. The van der Waals surface area contributed by atoms with Crippen LogP contribution in [0.5, 0.6) is 0 Å². The molecule has 0 aliphatic carbocycles. The maximum atomic E-state index is 11.8. The Kier molecular flexibility index (Phi) is 3.81. The van der Waals surface area contributed by atoms with Crippen molar-refractivity contribution in [1.29, 1.82) is 0 Å². The Hall–Kier alpha value is -1.62. The minimum atomic E-state index is 0.144. The summed E-state index contributed by atoms with van der Waals surface area (Å²) in [6.45, 7) is 3.03. The number of rotatable bonds is 2. The number of fused-ring (bicyclic) bond motifs is 1. The van der Waals surface area contributed by atoms with E-state index in [-0.39, 0.29) is 5.91 Å². The van der Waals surface area contributed by atoms with Crippen LogP contribution in [0.25, 0.3) is 0 Å². The van der Waals surface area contributed by atoms with Gasteiger partial charge in [-0.1, -0.05) is 6.07 Å². The zero-order valence-corrected chi connectivity index (χ0v) is 11.3. The molecule has 0 aromatic carbocycles. The molecule has 98 valence electrons. The molecular formula is C13H20N4O. The van der Waals surface area contributed by atoms with Gasteiger partial charge in [-0.3, -0.25) is 9.69 Å². The van der Waals surface area contributed by atoms with Crippen molar-refractivity contribution < 1.29 is 4.79 Å². The number of anilines is 1. The van der Waals surface area contributed by atoms with E-state index >= 15 is 0 Å². The molecule has 18 heavy (non-hydrogen) atoms. The third-order valence-electron chi connectivity index (χ3n) is 3.23. The Morgan fingerprint density at radius 3 is 2.94 bits per heavy atom. The predicted octanol–water partition coefficient (Wildman–Crippen LogP) is 0.422.